The molecule has 1 amide bonds. The molecule has 84 valence electrons. The van der Waals surface area contributed by atoms with Crippen LogP contribution in [0.4, 0.5) is 0 Å². The van der Waals surface area contributed by atoms with Crippen molar-refractivity contribution < 1.29 is 4.79 Å². The van der Waals surface area contributed by atoms with E-state index in [0.29, 0.717) is 0 Å². The molecule has 0 radical (unpaired) electrons. The van der Waals surface area contributed by atoms with Crippen LogP contribution in [0.1, 0.15) is 17.4 Å². The second kappa shape index (κ2) is 4.96. The molecule has 0 saturated carbocycles. The lowest BCUT2D eigenvalue weighted by atomic mass is 10.1. The maximum Gasteiger partial charge on any atom is 0.239 e. The minimum atomic E-state index is -0.379. The van der Waals surface area contributed by atoms with Crippen LogP contribution in [-0.4, -0.2) is 23.4 Å². The molecule has 0 spiro atoms. The van der Waals surface area contributed by atoms with E-state index in [0.717, 1.165) is 19.5 Å². The molecule has 0 aromatic carbocycles. The quantitative estimate of drug-likeness (QED) is 0.814. The topological polar surface area (TPSA) is 46.3 Å². The van der Waals surface area contributed by atoms with Crippen molar-refractivity contribution in [2.45, 2.75) is 25.9 Å². The van der Waals surface area contributed by atoms with Gasteiger partial charge in [0.15, 0.2) is 0 Å². The van der Waals surface area contributed by atoms with Crippen LogP contribution < -0.4 is 5.73 Å². The van der Waals surface area contributed by atoms with Gasteiger partial charge in [0.2, 0.25) is 5.91 Å². The van der Waals surface area contributed by atoms with Gasteiger partial charge in [0.1, 0.15) is 0 Å². The van der Waals surface area contributed by atoms with E-state index in [2.05, 4.69) is 11.4 Å². The number of fused-ring (bicyclic) bond motifs is 1. The van der Waals surface area contributed by atoms with Gasteiger partial charge in [-0.15, -0.1) is 23.7 Å². The van der Waals surface area contributed by atoms with Crippen LogP contribution >= 0.6 is 23.7 Å². The number of nitrogens with two attached hydrogens (primary N) is 1. The van der Waals surface area contributed by atoms with Crippen molar-refractivity contribution in [3.63, 3.8) is 0 Å². The van der Waals surface area contributed by atoms with Gasteiger partial charge >= 0.3 is 0 Å². The molecule has 0 bridgehead atoms. The molecule has 1 aromatic rings. The van der Waals surface area contributed by atoms with Gasteiger partial charge in [0, 0.05) is 18.0 Å². The predicted molar refractivity (Wildman–Crippen MR) is 64.3 cm³/mol. The summed E-state index contributed by atoms with van der Waals surface area (Å²) in [5.74, 6) is 0.0573. The molecule has 5 heteroatoms. The molecule has 1 atom stereocenters. The number of hydrogen-bond acceptors (Lipinski definition) is 3. The van der Waals surface area contributed by atoms with E-state index in [1.807, 2.05) is 4.90 Å². The van der Waals surface area contributed by atoms with Crippen LogP contribution in [0.25, 0.3) is 0 Å². The molecule has 0 fully saturated rings. The molecule has 15 heavy (non-hydrogen) atoms. The van der Waals surface area contributed by atoms with Crippen molar-refractivity contribution in [2.24, 2.45) is 5.73 Å². The Morgan fingerprint density at radius 3 is 3.07 bits per heavy atom. The van der Waals surface area contributed by atoms with Crippen molar-refractivity contribution in [3.8, 4) is 0 Å². The van der Waals surface area contributed by atoms with E-state index in [1.54, 1.807) is 18.3 Å². The Morgan fingerprint density at radius 1 is 1.67 bits per heavy atom. The first kappa shape index (κ1) is 12.5. The molecule has 1 aliphatic heterocycles. The Labute approximate surface area is 99.7 Å². The molecule has 2 heterocycles. The molecule has 1 aromatic heterocycles. The first-order valence-electron chi connectivity index (χ1n) is 4.78. The fourth-order valence-electron chi connectivity index (χ4n) is 1.72. The predicted octanol–water partition coefficient (Wildman–Crippen LogP) is 1.40. The summed E-state index contributed by atoms with van der Waals surface area (Å²) < 4.78 is 0. The smallest absolute Gasteiger partial charge is 0.239 e. The van der Waals surface area contributed by atoms with E-state index in [1.165, 1.54) is 10.4 Å². The molecule has 2 N–H and O–H groups in total. The lowest BCUT2D eigenvalue weighted by Gasteiger charge is -2.28. The van der Waals surface area contributed by atoms with Crippen molar-refractivity contribution in [1.29, 1.82) is 0 Å². The number of hydrogen-bond donors (Lipinski definition) is 1. The second-order valence-electron chi connectivity index (χ2n) is 3.67. The Morgan fingerprint density at radius 2 is 2.40 bits per heavy atom. The highest BCUT2D eigenvalue weighted by Crippen LogP contribution is 2.24. The van der Waals surface area contributed by atoms with E-state index >= 15 is 0 Å². The van der Waals surface area contributed by atoms with Crippen molar-refractivity contribution >= 4 is 29.7 Å². The monoisotopic (exact) mass is 246 g/mol. The van der Waals surface area contributed by atoms with Crippen LogP contribution in [0.3, 0.4) is 0 Å². The van der Waals surface area contributed by atoms with Gasteiger partial charge in [0.05, 0.1) is 6.04 Å². The Hall–Kier alpha value is -0.580. The van der Waals surface area contributed by atoms with Gasteiger partial charge in [-0.25, -0.2) is 0 Å². The van der Waals surface area contributed by atoms with Crippen LogP contribution in [0.2, 0.25) is 0 Å². The molecular formula is C10H15ClN2OS. The summed E-state index contributed by atoms with van der Waals surface area (Å²) in [5.41, 5.74) is 6.86. The minimum absolute atomic E-state index is 0. The van der Waals surface area contributed by atoms with Crippen molar-refractivity contribution in [2.75, 3.05) is 6.54 Å². The number of carbonyl (C=O) groups excluding carboxylic acids is 1. The third-order valence-corrected chi connectivity index (χ3v) is 3.53. The molecule has 0 aliphatic carbocycles. The van der Waals surface area contributed by atoms with Crippen LogP contribution in [0.5, 0.6) is 0 Å². The van der Waals surface area contributed by atoms with E-state index in [9.17, 15) is 4.79 Å². The lowest BCUT2D eigenvalue weighted by molar-refractivity contribution is -0.133. The van der Waals surface area contributed by atoms with E-state index in [4.69, 9.17) is 5.73 Å². The summed E-state index contributed by atoms with van der Waals surface area (Å²) in [5, 5.41) is 2.09. The third-order valence-electron chi connectivity index (χ3n) is 2.51. The minimum Gasteiger partial charge on any atom is -0.337 e. The summed E-state index contributed by atoms with van der Waals surface area (Å²) in [6.45, 7) is 3.29. The van der Waals surface area contributed by atoms with Crippen LogP contribution in [-0.2, 0) is 17.8 Å². The SMILES string of the molecule is CC(N)C(=O)N1CCc2sccc2C1.Cl. The number of thiophene rings is 1. The van der Waals surface area contributed by atoms with Crippen molar-refractivity contribution in [3.05, 3.63) is 21.9 Å². The fourth-order valence-corrected chi connectivity index (χ4v) is 2.61. The number of carbonyl (C=O) groups is 1. The normalized spacial score (nSPS) is 16.5. The molecule has 2 rings (SSSR count). The van der Waals surface area contributed by atoms with Gasteiger partial charge in [-0.1, -0.05) is 0 Å². The largest absolute Gasteiger partial charge is 0.337 e. The maximum atomic E-state index is 11.6. The van der Waals surface area contributed by atoms with Gasteiger partial charge in [-0.05, 0) is 30.4 Å². The number of nitrogens with zero attached hydrogens (tertiary/aromatic N) is 1. The molecule has 3 nitrogen and oxygen atoms in total. The molecule has 1 aliphatic rings. The fraction of sp³-hybridized carbons (Fsp3) is 0.500. The molecule has 1 unspecified atom stereocenters. The highest BCUT2D eigenvalue weighted by atomic mass is 35.5. The van der Waals surface area contributed by atoms with Gasteiger partial charge in [0.25, 0.3) is 0 Å². The first-order valence-corrected chi connectivity index (χ1v) is 5.66. The van der Waals surface area contributed by atoms with Crippen LogP contribution in [0.15, 0.2) is 11.4 Å². The summed E-state index contributed by atoms with van der Waals surface area (Å²) >= 11 is 1.78. The lowest BCUT2D eigenvalue weighted by Crippen LogP contribution is -2.44. The molecule has 0 saturated heterocycles. The highest BCUT2D eigenvalue weighted by molar-refractivity contribution is 7.10. The average molecular weight is 247 g/mol. The number of amides is 1. The number of rotatable bonds is 1. The summed E-state index contributed by atoms with van der Waals surface area (Å²) in [7, 11) is 0. The third kappa shape index (κ3) is 2.51. The van der Waals surface area contributed by atoms with Gasteiger partial charge < -0.3 is 10.6 Å². The maximum absolute atomic E-state index is 11.6. The molecular weight excluding hydrogens is 232 g/mol. The highest BCUT2D eigenvalue weighted by Gasteiger charge is 2.22. The van der Waals surface area contributed by atoms with E-state index < -0.39 is 0 Å². The average Bonchev–Trinajstić information content (AvgIpc) is 2.62. The Kier molecular flexibility index (Phi) is 4.13. The van der Waals surface area contributed by atoms with Gasteiger partial charge in [-0.3, -0.25) is 4.79 Å². The standard InChI is InChI=1S/C10H14N2OS.ClH/c1-7(11)10(13)12-4-2-9-8(6-12)3-5-14-9;/h3,5,7H,2,4,6,11H2,1H3;1H. The van der Waals surface area contributed by atoms with Gasteiger partial charge in [-0.2, -0.15) is 0 Å². The van der Waals surface area contributed by atoms with Crippen LogP contribution in [0, 0.1) is 0 Å². The Bertz CT molecular complexity index is 351. The zero-order valence-corrected chi connectivity index (χ0v) is 10.2. The van der Waals surface area contributed by atoms with E-state index in [-0.39, 0.29) is 24.4 Å². The summed E-state index contributed by atoms with van der Waals surface area (Å²) in [6.07, 6.45) is 0.978. The Balaban J connectivity index is 0.00000112. The first-order chi connectivity index (χ1) is 6.68. The summed E-state index contributed by atoms with van der Waals surface area (Å²) in [6, 6.07) is 1.72. The zero-order chi connectivity index (χ0) is 10.1. The van der Waals surface area contributed by atoms with Crippen molar-refractivity contribution in [1.82, 2.24) is 4.90 Å². The second-order valence-corrected chi connectivity index (χ2v) is 4.67. The number of halogens is 1. The zero-order valence-electron chi connectivity index (χ0n) is 8.60. The summed E-state index contributed by atoms with van der Waals surface area (Å²) in [4.78, 5) is 14.9.